The molecule has 1 rings (SSSR count). The molecule has 4 nitrogen and oxygen atoms in total. The second-order valence-electron chi connectivity index (χ2n) is 5.84. The van der Waals surface area contributed by atoms with Crippen LogP contribution >= 0.6 is 0 Å². The number of ether oxygens (including phenoxy) is 1. The maximum absolute atomic E-state index is 11.5. The van der Waals surface area contributed by atoms with Gasteiger partial charge in [-0.1, -0.05) is 0 Å². The van der Waals surface area contributed by atoms with Gasteiger partial charge >= 0.3 is 6.09 Å². The van der Waals surface area contributed by atoms with Gasteiger partial charge in [0.25, 0.3) is 0 Å². The Morgan fingerprint density at radius 2 is 1.82 bits per heavy atom. The summed E-state index contributed by atoms with van der Waals surface area (Å²) in [4.78, 5) is 13.0. The molecule has 102 valence electrons. The number of carbonyl (C=O) groups is 1. The van der Waals surface area contributed by atoms with Crippen LogP contribution in [-0.4, -0.2) is 62.9 Å². The van der Waals surface area contributed by atoms with Gasteiger partial charge in [-0.3, -0.25) is 0 Å². The van der Waals surface area contributed by atoms with E-state index in [9.17, 15) is 4.79 Å². The summed E-state index contributed by atoms with van der Waals surface area (Å²) < 4.78 is 6.41. The molecule has 0 bridgehead atoms. The summed E-state index contributed by atoms with van der Waals surface area (Å²) in [6.07, 6.45) is 4.28. The van der Waals surface area contributed by atoms with E-state index in [0.717, 1.165) is 23.7 Å². The molecule has 0 N–H and O–H groups in total. The first-order valence-electron chi connectivity index (χ1n) is 5.99. The van der Waals surface area contributed by atoms with Crippen molar-refractivity contribution in [2.24, 2.45) is 0 Å². The quantitative estimate of drug-likeness (QED) is 0.594. The van der Waals surface area contributed by atoms with Crippen molar-refractivity contribution in [2.75, 3.05) is 35.2 Å². The van der Waals surface area contributed by atoms with Crippen molar-refractivity contribution >= 4 is 6.09 Å². The maximum Gasteiger partial charge on any atom is 0.409 e. The average molecular weight is 309 g/mol. The Morgan fingerprint density at radius 1 is 1.24 bits per heavy atom. The molecule has 1 fully saturated rings. The second kappa shape index (κ2) is 6.59. The number of halogens is 1. The number of nitrogens with zero attached hydrogens (tertiary/aromatic N) is 2. The summed E-state index contributed by atoms with van der Waals surface area (Å²) in [5.41, 5.74) is 0. The summed E-state index contributed by atoms with van der Waals surface area (Å²) in [5.74, 6) is 0. The molecule has 1 amide bonds. The molecule has 0 saturated heterocycles. The maximum atomic E-state index is 11.5. The van der Waals surface area contributed by atoms with Gasteiger partial charge in [-0.2, -0.15) is 0 Å². The number of hydrogen-bond acceptors (Lipinski definition) is 2. The molecule has 2 unspecified atom stereocenters. The molecule has 0 spiro atoms. The van der Waals surface area contributed by atoms with Crippen LogP contribution in [0.25, 0.3) is 0 Å². The van der Waals surface area contributed by atoms with E-state index < -0.39 is 0 Å². The molecule has 2 atom stereocenters. The molecule has 0 radical (unpaired) electrons. The minimum Gasteiger partial charge on any atom is -1.00 e. The highest BCUT2D eigenvalue weighted by Gasteiger charge is 2.32. The van der Waals surface area contributed by atoms with Gasteiger partial charge in [0.2, 0.25) is 0 Å². The van der Waals surface area contributed by atoms with Gasteiger partial charge in [-0.15, -0.1) is 0 Å². The zero-order valence-corrected chi connectivity index (χ0v) is 13.2. The van der Waals surface area contributed by atoms with E-state index in [0.29, 0.717) is 6.04 Å². The molecule has 1 aliphatic carbocycles. The molecular weight excluding hydrogens is 284 g/mol. The standard InChI is InChI=1S/C12H25N2O2.BrH/c1-13(2)12(15)16-11-8-6-7-10(9-11)14(3,4)5;/h10-11H,6-9H2,1-5H3;1H/q+1;/p-1. The van der Waals surface area contributed by atoms with E-state index in [2.05, 4.69) is 21.1 Å². The summed E-state index contributed by atoms with van der Waals surface area (Å²) in [6.45, 7) is 0. The van der Waals surface area contributed by atoms with Crippen LogP contribution in [0.4, 0.5) is 4.79 Å². The first kappa shape index (κ1) is 16.7. The molecule has 17 heavy (non-hydrogen) atoms. The van der Waals surface area contributed by atoms with E-state index in [1.165, 1.54) is 11.3 Å². The molecule has 0 aliphatic heterocycles. The van der Waals surface area contributed by atoms with Gasteiger partial charge < -0.3 is 31.1 Å². The van der Waals surface area contributed by atoms with Crippen molar-refractivity contribution in [3.8, 4) is 0 Å². The van der Waals surface area contributed by atoms with Crippen LogP contribution in [0, 0.1) is 0 Å². The first-order valence-corrected chi connectivity index (χ1v) is 5.99. The van der Waals surface area contributed by atoms with Gasteiger partial charge in [-0.25, -0.2) is 4.79 Å². The van der Waals surface area contributed by atoms with E-state index in [1.54, 1.807) is 14.1 Å². The molecule has 1 aliphatic rings. The molecule has 0 heterocycles. The Kier molecular flexibility index (Phi) is 6.48. The summed E-state index contributed by atoms with van der Waals surface area (Å²) in [7, 11) is 10.1. The number of hydrogen-bond donors (Lipinski definition) is 0. The Bertz CT molecular complexity index is 251. The fraction of sp³-hybridized carbons (Fsp3) is 0.917. The lowest BCUT2D eigenvalue weighted by Crippen LogP contribution is -3.00. The Labute approximate surface area is 115 Å². The van der Waals surface area contributed by atoms with E-state index in [1.807, 2.05) is 0 Å². The highest BCUT2D eigenvalue weighted by molar-refractivity contribution is 5.66. The lowest BCUT2D eigenvalue weighted by molar-refractivity contribution is -0.897. The third-order valence-corrected chi connectivity index (χ3v) is 3.33. The van der Waals surface area contributed by atoms with E-state index in [-0.39, 0.29) is 29.2 Å². The Balaban J connectivity index is 0.00000256. The summed E-state index contributed by atoms with van der Waals surface area (Å²) in [6, 6.07) is 0.605. The minimum atomic E-state index is -0.216. The van der Waals surface area contributed by atoms with Gasteiger partial charge in [0.05, 0.1) is 27.2 Å². The van der Waals surface area contributed by atoms with Crippen LogP contribution in [0.3, 0.4) is 0 Å². The largest absolute Gasteiger partial charge is 1.00 e. The molecule has 5 heteroatoms. The smallest absolute Gasteiger partial charge is 0.409 e. The van der Waals surface area contributed by atoms with Crippen LogP contribution in [0.1, 0.15) is 25.7 Å². The van der Waals surface area contributed by atoms with Crippen molar-refractivity contribution in [1.29, 1.82) is 0 Å². The lowest BCUT2D eigenvalue weighted by Gasteiger charge is -2.39. The van der Waals surface area contributed by atoms with Crippen LogP contribution in [0.5, 0.6) is 0 Å². The number of carbonyl (C=O) groups excluding carboxylic acids is 1. The van der Waals surface area contributed by atoms with Crippen molar-refractivity contribution in [1.82, 2.24) is 4.90 Å². The van der Waals surface area contributed by atoms with Crippen molar-refractivity contribution in [3.05, 3.63) is 0 Å². The second-order valence-corrected chi connectivity index (χ2v) is 5.84. The zero-order valence-electron chi connectivity index (χ0n) is 11.6. The highest BCUT2D eigenvalue weighted by Crippen LogP contribution is 2.26. The summed E-state index contributed by atoms with van der Waals surface area (Å²) >= 11 is 0. The lowest BCUT2D eigenvalue weighted by atomic mass is 9.91. The normalized spacial score (nSPS) is 24.8. The fourth-order valence-corrected chi connectivity index (χ4v) is 2.18. The van der Waals surface area contributed by atoms with Crippen LogP contribution < -0.4 is 17.0 Å². The summed E-state index contributed by atoms with van der Waals surface area (Å²) in [5, 5.41) is 0. The third kappa shape index (κ3) is 5.25. The minimum absolute atomic E-state index is 0. The van der Waals surface area contributed by atoms with E-state index in [4.69, 9.17) is 4.74 Å². The fourth-order valence-electron chi connectivity index (χ4n) is 2.18. The highest BCUT2D eigenvalue weighted by atomic mass is 79.9. The van der Waals surface area contributed by atoms with Crippen molar-refractivity contribution in [3.63, 3.8) is 0 Å². The Morgan fingerprint density at radius 3 is 2.29 bits per heavy atom. The zero-order chi connectivity index (χ0) is 12.3. The van der Waals surface area contributed by atoms with Gasteiger partial charge in [0, 0.05) is 20.5 Å². The van der Waals surface area contributed by atoms with E-state index >= 15 is 0 Å². The predicted molar refractivity (Wildman–Crippen MR) is 64.2 cm³/mol. The molecule has 0 aromatic heterocycles. The van der Waals surface area contributed by atoms with Gasteiger partial charge in [0.1, 0.15) is 6.10 Å². The number of rotatable bonds is 2. The molecule has 0 aromatic carbocycles. The average Bonchev–Trinajstić information content (AvgIpc) is 2.16. The molecule has 1 saturated carbocycles. The SMILES string of the molecule is CN(C)C(=O)OC1CCCC([N+](C)(C)C)C1.[Br-]. The van der Waals surface area contributed by atoms with Gasteiger partial charge in [0.15, 0.2) is 0 Å². The Hall–Kier alpha value is -0.290. The van der Waals surface area contributed by atoms with Crippen LogP contribution in [0.2, 0.25) is 0 Å². The molecule has 0 aromatic rings. The van der Waals surface area contributed by atoms with Crippen LogP contribution in [-0.2, 0) is 4.74 Å². The monoisotopic (exact) mass is 308 g/mol. The topological polar surface area (TPSA) is 29.5 Å². The molecular formula is C12H25BrN2O2. The van der Waals surface area contributed by atoms with Crippen LogP contribution in [0.15, 0.2) is 0 Å². The number of quaternary nitrogens is 1. The van der Waals surface area contributed by atoms with Gasteiger partial charge in [-0.05, 0) is 19.3 Å². The number of amides is 1. The van der Waals surface area contributed by atoms with Crippen molar-refractivity contribution in [2.45, 2.75) is 37.8 Å². The predicted octanol–water partition coefficient (Wildman–Crippen LogP) is -1.29. The first-order chi connectivity index (χ1) is 7.30. The van der Waals surface area contributed by atoms with Crippen molar-refractivity contribution < 1.29 is 31.0 Å². The third-order valence-electron chi connectivity index (χ3n) is 3.33.